The molecule has 0 aromatic carbocycles. The van der Waals surface area contributed by atoms with Crippen molar-refractivity contribution in [1.82, 2.24) is 5.32 Å². The fourth-order valence-corrected chi connectivity index (χ4v) is 1.48. The van der Waals surface area contributed by atoms with Gasteiger partial charge in [-0.15, -0.1) is 0 Å². The molecule has 0 aliphatic heterocycles. The highest BCUT2D eigenvalue weighted by molar-refractivity contribution is 5.78. The lowest BCUT2D eigenvalue weighted by atomic mass is 10.0. The summed E-state index contributed by atoms with van der Waals surface area (Å²) in [6.07, 6.45) is 2.09. The van der Waals surface area contributed by atoms with Crippen LogP contribution in [0.5, 0.6) is 0 Å². The van der Waals surface area contributed by atoms with Crippen LogP contribution in [0.15, 0.2) is 0 Å². The van der Waals surface area contributed by atoms with Crippen molar-refractivity contribution in [3.63, 3.8) is 0 Å². The Morgan fingerprint density at radius 3 is 2.44 bits per heavy atom. The fourth-order valence-electron chi connectivity index (χ4n) is 1.48. The molecule has 0 heterocycles. The molecule has 6 heteroatoms. The van der Waals surface area contributed by atoms with Crippen LogP contribution >= 0.6 is 0 Å². The Balaban J connectivity index is 2.11. The van der Waals surface area contributed by atoms with Crippen molar-refractivity contribution in [3.05, 3.63) is 0 Å². The summed E-state index contributed by atoms with van der Waals surface area (Å²) in [5, 5.41) is 12.3. The number of aliphatic carboxylic acids is 1. The van der Waals surface area contributed by atoms with Crippen molar-refractivity contribution in [3.8, 4) is 0 Å². The Kier molecular flexibility index (Phi) is 6.56. The second-order valence-corrected chi connectivity index (χ2v) is 4.71. The number of ether oxygens (including phenoxy) is 3. The van der Waals surface area contributed by atoms with E-state index in [4.69, 9.17) is 14.2 Å². The third kappa shape index (κ3) is 5.77. The van der Waals surface area contributed by atoms with E-state index in [2.05, 4.69) is 5.32 Å². The monoisotopic (exact) mass is 261 g/mol. The second-order valence-electron chi connectivity index (χ2n) is 4.71. The molecule has 1 atom stereocenters. The second kappa shape index (κ2) is 7.68. The van der Waals surface area contributed by atoms with Crippen LogP contribution in [0.1, 0.15) is 19.8 Å². The van der Waals surface area contributed by atoms with Crippen LogP contribution in [0.25, 0.3) is 0 Å². The summed E-state index contributed by atoms with van der Waals surface area (Å²) in [5.74, 6) is -0.880. The first-order valence-corrected chi connectivity index (χ1v) is 6.24. The van der Waals surface area contributed by atoms with Gasteiger partial charge >= 0.3 is 5.97 Å². The molecular formula is C12H23NO5. The van der Waals surface area contributed by atoms with Crippen LogP contribution in [-0.2, 0) is 19.0 Å². The molecule has 0 radical (unpaired) electrons. The molecule has 0 bridgehead atoms. The minimum absolute atomic E-state index is 0.145. The Hall–Kier alpha value is -0.690. The Labute approximate surface area is 108 Å². The van der Waals surface area contributed by atoms with Gasteiger partial charge in [0.25, 0.3) is 0 Å². The molecule has 1 saturated carbocycles. The van der Waals surface area contributed by atoms with Crippen LogP contribution in [0.3, 0.4) is 0 Å². The van der Waals surface area contributed by atoms with Gasteiger partial charge in [-0.3, -0.25) is 10.1 Å². The average Bonchev–Trinajstić information content (AvgIpc) is 3.11. The van der Waals surface area contributed by atoms with Gasteiger partial charge in [-0.1, -0.05) is 0 Å². The van der Waals surface area contributed by atoms with Crippen LogP contribution in [0.2, 0.25) is 0 Å². The minimum Gasteiger partial charge on any atom is -0.480 e. The quantitative estimate of drug-likeness (QED) is 0.520. The van der Waals surface area contributed by atoms with E-state index in [1.165, 1.54) is 0 Å². The van der Waals surface area contributed by atoms with E-state index in [-0.39, 0.29) is 6.61 Å². The van der Waals surface area contributed by atoms with E-state index in [1.807, 2.05) is 0 Å². The highest BCUT2D eigenvalue weighted by Gasteiger charge is 2.38. The summed E-state index contributed by atoms with van der Waals surface area (Å²) in [4.78, 5) is 11.2. The molecule has 1 fully saturated rings. The average molecular weight is 261 g/mol. The zero-order chi connectivity index (χ0) is 13.4. The van der Waals surface area contributed by atoms with Crippen molar-refractivity contribution in [1.29, 1.82) is 0 Å². The topological polar surface area (TPSA) is 77.0 Å². The lowest BCUT2D eigenvalue weighted by Gasteiger charge is -2.26. The van der Waals surface area contributed by atoms with E-state index in [0.29, 0.717) is 32.5 Å². The number of hydrogen-bond acceptors (Lipinski definition) is 5. The number of methoxy groups -OCH3 is 1. The Morgan fingerprint density at radius 1 is 1.28 bits per heavy atom. The summed E-state index contributed by atoms with van der Waals surface area (Å²) < 4.78 is 15.4. The van der Waals surface area contributed by atoms with Crippen LogP contribution in [0.4, 0.5) is 0 Å². The van der Waals surface area contributed by atoms with Crippen molar-refractivity contribution in [2.24, 2.45) is 0 Å². The molecule has 106 valence electrons. The van der Waals surface area contributed by atoms with E-state index in [1.54, 1.807) is 14.0 Å². The van der Waals surface area contributed by atoms with Gasteiger partial charge in [-0.25, -0.2) is 0 Å². The van der Waals surface area contributed by atoms with E-state index < -0.39 is 11.5 Å². The third-order valence-corrected chi connectivity index (χ3v) is 2.77. The summed E-state index contributed by atoms with van der Waals surface area (Å²) >= 11 is 0. The molecule has 0 saturated heterocycles. The van der Waals surface area contributed by atoms with Crippen molar-refractivity contribution >= 4 is 5.97 Å². The molecule has 0 spiro atoms. The number of rotatable bonds is 11. The molecule has 0 aromatic rings. The van der Waals surface area contributed by atoms with Crippen LogP contribution in [-0.4, -0.2) is 62.8 Å². The van der Waals surface area contributed by atoms with Crippen LogP contribution in [0, 0.1) is 0 Å². The van der Waals surface area contributed by atoms with Gasteiger partial charge < -0.3 is 19.3 Å². The van der Waals surface area contributed by atoms with Gasteiger partial charge in [0.15, 0.2) is 0 Å². The number of nitrogens with one attached hydrogen (secondary N) is 1. The maximum Gasteiger partial charge on any atom is 0.326 e. The lowest BCUT2D eigenvalue weighted by Crippen LogP contribution is -2.54. The lowest BCUT2D eigenvalue weighted by molar-refractivity contribution is -0.147. The van der Waals surface area contributed by atoms with E-state index in [9.17, 15) is 9.90 Å². The maximum absolute atomic E-state index is 11.2. The SMILES string of the molecule is COCCOCCOCC(C)(NC1CC1)C(=O)O. The third-order valence-electron chi connectivity index (χ3n) is 2.77. The predicted molar refractivity (Wildman–Crippen MR) is 65.7 cm³/mol. The van der Waals surface area contributed by atoms with Crippen LogP contribution < -0.4 is 5.32 Å². The summed E-state index contributed by atoms with van der Waals surface area (Å²) in [5.41, 5.74) is -1.01. The van der Waals surface area contributed by atoms with E-state index in [0.717, 1.165) is 12.8 Å². The summed E-state index contributed by atoms with van der Waals surface area (Å²) in [7, 11) is 1.61. The molecule has 18 heavy (non-hydrogen) atoms. The molecule has 1 aliphatic rings. The highest BCUT2D eigenvalue weighted by atomic mass is 16.5. The van der Waals surface area contributed by atoms with Gasteiger partial charge in [0.2, 0.25) is 0 Å². The van der Waals surface area contributed by atoms with Gasteiger partial charge in [0, 0.05) is 13.2 Å². The Morgan fingerprint density at radius 2 is 1.89 bits per heavy atom. The normalized spacial score (nSPS) is 18.6. The smallest absolute Gasteiger partial charge is 0.326 e. The first kappa shape index (κ1) is 15.4. The number of carboxylic acid groups (broad SMARTS) is 1. The van der Waals surface area contributed by atoms with Gasteiger partial charge in [0.05, 0.1) is 33.0 Å². The van der Waals surface area contributed by atoms with Crippen molar-refractivity contribution < 1.29 is 24.1 Å². The molecule has 1 rings (SSSR count). The first-order valence-electron chi connectivity index (χ1n) is 6.24. The van der Waals surface area contributed by atoms with E-state index >= 15 is 0 Å². The fraction of sp³-hybridized carbons (Fsp3) is 0.917. The highest BCUT2D eigenvalue weighted by Crippen LogP contribution is 2.22. The molecular weight excluding hydrogens is 238 g/mol. The number of carboxylic acids is 1. The Bertz CT molecular complexity index is 257. The zero-order valence-corrected chi connectivity index (χ0v) is 11.1. The van der Waals surface area contributed by atoms with Gasteiger partial charge in [-0.2, -0.15) is 0 Å². The minimum atomic E-state index is -1.01. The molecule has 1 aliphatic carbocycles. The maximum atomic E-state index is 11.2. The largest absolute Gasteiger partial charge is 0.480 e. The molecule has 1 unspecified atom stereocenters. The molecule has 6 nitrogen and oxygen atoms in total. The zero-order valence-electron chi connectivity index (χ0n) is 11.1. The first-order chi connectivity index (χ1) is 8.58. The predicted octanol–water partition coefficient (Wildman–Crippen LogP) is 0.261. The summed E-state index contributed by atoms with van der Waals surface area (Å²) in [6, 6.07) is 0.327. The van der Waals surface area contributed by atoms with Gasteiger partial charge in [-0.05, 0) is 19.8 Å². The summed E-state index contributed by atoms with van der Waals surface area (Å²) in [6.45, 7) is 3.71. The molecule has 0 amide bonds. The van der Waals surface area contributed by atoms with Crippen molar-refractivity contribution in [2.45, 2.75) is 31.3 Å². The number of carbonyl (C=O) groups is 1. The molecule has 0 aromatic heterocycles. The van der Waals surface area contributed by atoms with Gasteiger partial charge in [0.1, 0.15) is 5.54 Å². The van der Waals surface area contributed by atoms with Crippen molar-refractivity contribution in [2.75, 3.05) is 40.1 Å². The standard InChI is InChI=1S/C12H23NO5/c1-12(11(14)15,13-10-3-4-10)9-18-8-7-17-6-5-16-2/h10,13H,3-9H2,1-2H3,(H,14,15). The molecule has 2 N–H and O–H groups in total. The number of hydrogen-bond donors (Lipinski definition) is 2.